The fraction of sp³-hybridized carbons (Fsp3) is 0.118. The molecule has 0 spiro atoms. The summed E-state index contributed by atoms with van der Waals surface area (Å²) in [6, 6.07) is 16.0. The molecule has 2 aromatic carbocycles. The molecule has 2 rings (SSSR count). The highest BCUT2D eigenvalue weighted by Crippen LogP contribution is 2.17. The molecule has 0 unspecified atom stereocenters. The van der Waals surface area contributed by atoms with Crippen LogP contribution in [-0.4, -0.2) is 22.2 Å². The van der Waals surface area contributed by atoms with Gasteiger partial charge in [-0.25, -0.2) is 4.79 Å². The van der Waals surface area contributed by atoms with E-state index in [4.69, 9.17) is 10.8 Å². The number of ether oxygens (including phenoxy) is 1. The molecule has 0 saturated heterocycles. The van der Waals surface area contributed by atoms with Crippen LogP contribution in [0.2, 0.25) is 0 Å². The number of carboxylic acids is 1. The van der Waals surface area contributed by atoms with Gasteiger partial charge in [0.25, 0.3) is 0 Å². The second kappa shape index (κ2) is 9.96. The van der Waals surface area contributed by atoms with Gasteiger partial charge in [0.1, 0.15) is 11.3 Å². The van der Waals surface area contributed by atoms with Crippen LogP contribution in [0.1, 0.15) is 22.8 Å². The number of rotatable bonds is 4. The molecule has 0 amide bonds. The van der Waals surface area contributed by atoms with Gasteiger partial charge in [0.15, 0.2) is 5.11 Å². The number of nitrogens with one attached hydrogen (secondary N) is 1. The minimum Gasteiger partial charge on any atom is -0.478 e. The number of aromatic carboxylic acids is 1. The van der Waals surface area contributed by atoms with Crippen molar-refractivity contribution in [2.45, 2.75) is 13.5 Å². The Balaban J connectivity index is 0.000000243. The maximum absolute atomic E-state index is 10.6. The molecule has 0 bridgehead atoms. The van der Waals surface area contributed by atoms with E-state index < -0.39 is 11.9 Å². The number of carboxylic acid groups (broad SMARTS) is 1. The zero-order valence-corrected chi connectivity index (χ0v) is 13.9. The summed E-state index contributed by atoms with van der Waals surface area (Å²) in [5.41, 5.74) is 6.43. The SMILES string of the molecule is CC(=O)Oc1ccccc1C(=O)O.NC(=S)NCc1ccccc1. The van der Waals surface area contributed by atoms with E-state index in [1.165, 1.54) is 24.6 Å². The summed E-state index contributed by atoms with van der Waals surface area (Å²) < 4.78 is 4.69. The summed E-state index contributed by atoms with van der Waals surface area (Å²) in [6.07, 6.45) is 0. The van der Waals surface area contributed by atoms with Gasteiger partial charge in [0.05, 0.1) is 0 Å². The summed E-state index contributed by atoms with van der Waals surface area (Å²) in [4.78, 5) is 21.2. The van der Waals surface area contributed by atoms with Crippen molar-refractivity contribution >= 4 is 29.3 Å². The van der Waals surface area contributed by atoms with Crippen LogP contribution in [-0.2, 0) is 11.3 Å². The predicted molar refractivity (Wildman–Crippen MR) is 94.8 cm³/mol. The zero-order valence-electron chi connectivity index (χ0n) is 13.1. The molecule has 0 aromatic heterocycles. The van der Waals surface area contributed by atoms with Crippen molar-refractivity contribution in [1.29, 1.82) is 0 Å². The van der Waals surface area contributed by atoms with Crippen LogP contribution >= 0.6 is 12.2 Å². The first-order valence-electron chi connectivity index (χ1n) is 6.98. The molecule has 6 nitrogen and oxygen atoms in total. The maximum atomic E-state index is 10.6. The van der Waals surface area contributed by atoms with Crippen molar-refractivity contribution in [3.8, 4) is 5.75 Å². The lowest BCUT2D eigenvalue weighted by molar-refractivity contribution is -0.131. The van der Waals surface area contributed by atoms with Gasteiger partial charge in [-0.2, -0.15) is 0 Å². The number of benzene rings is 2. The van der Waals surface area contributed by atoms with Gasteiger partial charge in [-0.05, 0) is 29.9 Å². The van der Waals surface area contributed by atoms with Crippen molar-refractivity contribution in [3.05, 3.63) is 65.7 Å². The smallest absolute Gasteiger partial charge is 0.339 e. The molecule has 4 N–H and O–H groups in total. The lowest BCUT2D eigenvalue weighted by Crippen LogP contribution is -2.28. The lowest BCUT2D eigenvalue weighted by Gasteiger charge is -2.03. The minimum atomic E-state index is -1.11. The molecule has 0 heterocycles. The first-order chi connectivity index (χ1) is 11.4. The van der Waals surface area contributed by atoms with Crippen molar-refractivity contribution in [2.75, 3.05) is 0 Å². The van der Waals surface area contributed by atoms with Crippen molar-refractivity contribution in [3.63, 3.8) is 0 Å². The highest BCUT2D eigenvalue weighted by atomic mass is 32.1. The molecule has 0 radical (unpaired) electrons. The quantitative estimate of drug-likeness (QED) is 0.444. The molecule has 0 aliphatic carbocycles. The van der Waals surface area contributed by atoms with E-state index in [9.17, 15) is 9.59 Å². The van der Waals surface area contributed by atoms with Crippen molar-refractivity contribution < 1.29 is 19.4 Å². The molecule has 0 aliphatic heterocycles. The fourth-order valence-electron chi connectivity index (χ4n) is 1.67. The van der Waals surface area contributed by atoms with E-state index in [0.717, 1.165) is 0 Å². The predicted octanol–water partition coefficient (Wildman–Crippen LogP) is 2.33. The third-order valence-electron chi connectivity index (χ3n) is 2.68. The summed E-state index contributed by atoms with van der Waals surface area (Å²) >= 11 is 4.66. The minimum absolute atomic E-state index is 0.0160. The normalized spacial score (nSPS) is 9.21. The van der Waals surface area contributed by atoms with Crippen LogP contribution in [0.3, 0.4) is 0 Å². The number of carbonyl (C=O) groups is 2. The molecule has 0 fully saturated rings. The Bertz CT molecular complexity index is 705. The van der Waals surface area contributed by atoms with E-state index >= 15 is 0 Å². The number of carbonyl (C=O) groups excluding carboxylic acids is 1. The maximum Gasteiger partial charge on any atom is 0.339 e. The van der Waals surface area contributed by atoms with Gasteiger partial charge < -0.3 is 20.9 Å². The monoisotopic (exact) mass is 346 g/mol. The van der Waals surface area contributed by atoms with E-state index in [1.807, 2.05) is 30.3 Å². The second-order valence-corrected chi connectivity index (χ2v) is 5.04. The molecular formula is C17H18N2O4S. The highest BCUT2D eigenvalue weighted by molar-refractivity contribution is 7.80. The molecule has 24 heavy (non-hydrogen) atoms. The number of hydrogen-bond donors (Lipinski definition) is 3. The number of esters is 1. The van der Waals surface area contributed by atoms with Crippen LogP contribution in [0.25, 0.3) is 0 Å². The molecule has 7 heteroatoms. The molecular weight excluding hydrogens is 328 g/mol. The standard InChI is InChI=1S/C9H8O4.C8H10N2S/c1-6(10)13-8-5-3-2-4-7(8)9(11)12;9-8(11)10-6-7-4-2-1-3-5-7/h2-5H,1H3,(H,11,12);1-5H,6H2,(H3,9,10,11). The van der Waals surface area contributed by atoms with Gasteiger partial charge in [-0.3, -0.25) is 4.79 Å². The lowest BCUT2D eigenvalue weighted by atomic mass is 10.2. The van der Waals surface area contributed by atoms with Crippen LogP contribution in [0, 0.1) is 0 Å². The van der Waals surface area contributed by atoms with Crippen LogP contribution in [0.15, 0.2) is 54.6 Å². The topological polar surface area (TPSA) is 102 Å². The van der Waals surface area contributed by atoms with Crippen molar-refractivity contribution in [1.82, 2.24) is 5.32 Å². The Morgan fingerprint density at radius 2 is 1.71 bits per heavy atom. The summed E-state index contributed by atoms with van der Waals surface area (Å²) in [7, 11) is 0. The van der Waals surface area contributed by atoms with E-state index in [0.29, 0.717) is 11.7 Å². The van der Waals surface area contributed by atoms with Crippen LogP contribution in [0.5, 0.6) is 5.75 Å². The number of para-hydroxylation sites is 1. The molecule has 0 aliphatic rings. The highest BCUT2D eigenvalue weighted by Gasteiger charge is 2.10. The number of hydrogen-bond acceptors (Lipinski definition) is 4. The van der Waals surface area contributed by atoms with E-state index in [1.54, 1.807) is 12.1 Å². The first-order valence-corrected chi connectivity index (χ1v) is 7.39. The van der Waals surface area contributed by atoms with Gasteiger partial charge in [0.2, 0.25) is 0 Å². The Kier molecular flexibility index (Phi) is 7.93. The number of thiocarbonyl (C=S) groups is 1. The molecule has 0 atom stereocenters. The molecule has 0 saturated carbocycles. The molecule has 2 aromatic rings. The first kappa shape index (κ1) is 19.1. The van der Waals surface area contributed by atoms with Crippen molar-refractivity contribution in [2.24, 2.45) is 5.73 Å². The van der Waals surface area contributed by atoms with Crippen LogP contribution < -0.4 is 15.8 Å². The second-order valence-electron chi connectivity index (χ2n) is 4.60. The van der Waals surface area contributed by atoms with E-state index in [2.05, 4.69) is 22.3 Å². The largest absolute Gasteiger partial charge is 0.478 e. The Morgan fingerprint density at radius 1 is 1.12 bits per heavy atom. The van der Waals surface area contributed by atoms with E-state index in [-0.39, 0.29) is 11.3 Å². The van der Waals surface area contributed by atoms with Gasteiger partial charge in [-0.15, -0.1) is 0 Å². The molecule has 126 valence electrons. The van der Waals surface area contributed by atoms with Gasteiger partial charge in [-0.1, -0.05) is 42.5 Å². The van der Waals surface area contributed by atoms with Gasteiger partial charge >= 0.3 is 11.9 Å². The third-order valence-corrected chi connectivity index (χ3v) is 2.83. The Morgan fingerprint density at radius 3 is 2.25 bits per heavy atom. The average Bonchev–Trinajstić information content (AvgIpc) is 2.54. The summed E-state index contributed by atoms with van der Waals surface area (Å²) in [5, 5.41) is 11.9. The van der Waals surface area contributed by atoms with Gasteiger partial charge in [0, 0.05) is 13.5 Å². The summed E-state index contributed by atoms with van der Waals surface area (Å²) in [6.45, 7) is 1.93. The van der Waals surface area contributed by atoms with Crippen LogP contribution in [0.4, 0.5) is 0 Å². The third kappa shape index (κ3) is 7.37. The average molecular weight is 346 g/mol. The Hall–Kier alpha value is -2.93. The fourth-order valence-corrected chi connectivity index (χ4v) is 1.74. The number of nitrogens with two attached hydrogens (primary N) is 1. The zero-order chi connectivity index (χ0) is 17.9. The Labute approximate surface area is 145 Å². The summed E-state index contributed by atoms with van der Waals surface area (Å²) in [5.74, 6) is -1.58.